The third-order valence-corrected chi connectivity index (χ3v) is 4.73. The molecule has 0 saturated carbocycles. The van der Waals surface area contributed by atoms with E-state index in [2.05, 4.69) is 47.0 Å². The van der Waals surface area contributed by atoms with E-state index < -0.39 is 0 Å². The molecule has 1 N–H and O–H groups in total. The topological polar surface area (TPSA) is 39.1 Å². The van der Waals surface area contributed by atoms with Gasteiger partial charge in [0.15, 0.2) is 0 Å². The summed E-state index contributed by atoms with van der Waals surface area (Å²) in [6, 6.07) is 12.8. The van der Waals surface area contributed by atoms with Crippen LogP contribution in [-0.4, -0.2) is 16.9 Å². The highest BCUT2D eigenvalue weighted by molar-refractivity contribution is 7.09. The van der Waals surface area contributed by atoms with Gasteiger partial charge in [0, 0.05) is 35.4 Å². The molecule has 0 aliphatic carbocycles. The van der Waals surface area contributed by atoms with Crippen LogP contribution in [0.2, 0.25) is 0 Å². The molecule has 0 amide bonds. The lowest BCUT2D eigenvalue weighted by atomic mass is 10.0. The minimum Gasteiger partial charge on any atom is -0.496 e. The maximum absolute atomic E-state index is 5.49. The van der Waals surface area contributed by atoms with E-state index in [4.69, 9.17) is 4.74 Å². The number of rotatable bonds is 7. The van der Waals surface area contributed by atoms with E-state index in [9.17, 15) is 0 Å². The number of hydrogen-bond donors (Lipinski definition) is 1. The summed E-state index contributed by atoms with van der Waals surface area (Å²) in [7, 11) is 1.71. The molecule has 4 nitrogen and oxygen atoms in total. The number of thiophene rings is 1. The number of nitrogens with zero attached hydrogens (tertiary/aromatic N) is 2. The van der Waals surface area contributed by atoms with E-state index in [0.29, 0.717) is 6.54 Å². The average Bonchev–Trinajstić information content (AvgIpc) is 3.26. The van der Waals surface area contributed by atoms with Gasteiger partial charge in [-0.05, 0) is 42.1 Å². The van der Waals surface area contributed by atoms with Crippen molar-refractivity contribution in [2.75, 3.05) is 7.11 Å². The Morgan fingerprint density at radius 2 is 2.22 bits per heavy atom. The summed E-state index contributed by atoms with van der Waals surface area (Å²) < 4.78 is 7.40. The second-order valence-corrected chi connectivity index (χ2v) is 6.49. The lowest BCUT2D eigenvalue weighted by Crippen LogP contribution is -2.18. The zero-order valence-electron chi connectivity index (χ0n) is 13.4. The van der Waals surface area contributed by atoms with Crippen LogP contribution in [0.3, 0.4) is 0 Å². The van der Waals surface area contributed by atoms with Crippen molar-refractivity contribution in [1.82, 2.24) is 15.1 Å². The van der Waals surface area contributed by atoms with Crippen LogP contribution in [0.15, 0.2) is 54.2 Å². The number of nitrogens with one attached hydrogen (secondary N) is 1. The van der Waals surface area contributed by atoms with E-state index in [-0.39, 0.29) is 6.04 Å². The highest BCUT2D eigenvalue weighted by Gasteiger charge is 2.10. The fourth-order valence-electron chi connectivity index (χ4n) is 2.54. The SMILES string of the molecule is COc1ccc([C@H](C)NCc2cccs2)cc1Cn1cccn1. The molecule has 2 heterocycles. The van der Waals surface area contributed by atoms with Crippen molar-refractivity contribution in [1.29, 1.82) is 0 Å². The highest BCUT2D eigenvalue weighted by atomic mass is 32.1. The predicted molar refractivity (Wildman–Crippen MR) is 93.9 cm³/mol. The minimum absolute atomic E-state index is 0.277. The second kappa shape index (κ2) is 7.44. The normalized spacial score (nSPS) is 12.3. The molecule has 23 heavy (non-hydrogen) atoms. The predicted octanol–water partition coefficient (Wildman–Crippen LogP) is 3.85. The molecular formula is C18H21N3OS. The van der Waals surface area contributed by atoms with Gasteiger partial charge < -0.3 is 10.1 Å². The summed E-state index contributed by atoms with van der Waals surface area (Å²) in [6.07, 6.45) is 3.76. The van der Waals surface area contributed by atoms with Gasteiger partial charge in [-0.2, -0.15) is 5.10 Å². The first-order valence-electron chi connectivity index (χ1n) is 7.66. The fourth-order valence-corrected chi connectivity index (χ4v) is 3.20. The summed E-state index contributed by atoms with van der Waals surface area (Å²) in [4.78, 5) is 1.35. The van der Waals surface area contributed by atoms with Crippen molar-refractivity contribution in [3.8, 4) is 5.75 Å². The Morgan fingerprint density at radius 3 is 2.91 bits per heavy atom. The first-order chi connectivity index (χ1) is 11.3. The first-order valence-corrected chi connectivity index (χ1v) is 8.54. The number of aromatic nitrogens is 2. The lowest BCUT2D eigenvalue weighted by Gasteiger charge is -2.17. The van der Waals surface area contributed by atoms with Crippen LogP contribution in [-0.2, 0) is 13.1 Å². The molecule has 1 atom stereocenters. The van der Waals surface area contributed by atoms with Crippen LogP contribution in [0.4, 0.5) is 0 Å². The van der Waals surface area contributed by atoms with E-state index >= 15 is 0 Å². The third-order valence-electron chi connectivity index (χ3n) is 3.86. The van der Waals surface area contributed by atoms with Crippen molar-refractivity contribution in [3.05, 3.63) is 70.2 Å². The van der Waals surface area contributed by atoms with Crippen molar-refractivity contribution < 1.29 is 4.74 Å². The van der Waals surface area contributed by atoms with Gasteiger partial charge >= 0.3 is 0 Å². The molecular weight excluding hydrogens is 306 g/mol. The van der Waals surface area contributed by atoms with Crippen LogP contribution in [0.5, 0.6) is 5.75 Å². The second-order valence-electron chi connectivity index (χ2n) is 5.46. The first kappa shape index (κ1) is 15.8. The molecule has 2 aromatic heterocycles. The van der Waals surface area contributed by atoms with Crippen LogP contribution in [0.1, 0.15) is 29.0 Å². The van der Waals surface area contributed by atoms with E-state index in [1.807, 2.05) is 23.0 Å². The van der Waals surface area contributed by atoms with E-state index in [1.165, 1.54) is 10.4 Å². The van der Waals surface area contributed by atoms with Crippen molar-refractivity contribution in [2.24, 2.45) is 0 Å². The van der Waals surface area contributed by atoms with Gasteiger partial charge in [-0.3, -0.25) is 4.68 Å². The molecule has 0 bridgehead atoms. The molecule has 120 valence electrons. The monoisotopic (exact) mass is 327 g/mol. The summed E-state index contributed by atoms with van der Waals surface area (Å²) in [6.45, 7) is 3.79. The fraction of sp³-hybridized carbons (Fsp3) is 0.278. The number of ether oxygens (including phenoxy) is 1. The Morgan fingerprint density at radius 1 is 1.30 bits per heavy atom. The Hall–Kier alpha value is -2.11. The zero-order valence-corrected chi connectivity index (χ0v) is 14.2. The Bertz CT molecular complexity index is 723. The molecule has 0 spiro atoms. The van der Waals surface area contributed by atoms with Crippen LogP contribution < -0.4 is 10.1 Å². The van der Waals surface area contributed by atoms with Gasteiger partial charge in [0.2, 0.25) is 0 Å². The number of benzene rings is 1. The Labute approximate surface area is 140 Å². The molecule has 0 saturated heterocycles. The molecule has 1 aromatic carbocycles. The van der Waals surface area contributed by atoms with E-state index in [1.54, 1.807) is 24.6 Å². The van der Waals surface area contributed by atoms with Crippen LogP contribution in [0.25, 0.3) is 0 Å². The van der Waals surface area contributed by atoms with Gasteiger partial charge in [0.25, 0.3) is 0 Å². The molecule has 0 fully saturated rings. The quantitative estimate of drug-likeness (QED) is 0.716. The van der Waals surface area contributed by atoms with Crippen LogP contribution >= 0.6 is 11.3 Å². The molecule has 0 aliphatic rings. The van der Waals surface area contributed by atoms with E-state index in [0.717, 1.165) is 17.9 Å². The van der Waals surface area contributed by atoms with Gasteiger partial charge in [0.05, 0.1) is 13.7 Å². The summed E-state index contributed by atoms with van der Waals surface area (Å²) in [5.41, 5.74) is 2.39. The van der Waals surface area contributed by atoms with Crippen LogP contribution in [0, 0.1) is 0 Å². The smallest absolute Gasteiger partial charge is 0.123 e. The maximum atomic E-state index is 5.49. The van der Waals surface area contributed by atoms with Gasteiger partial charge in [0.1, 0.15) is 5.75 Å². The zero-order chi connectivity index (χ0) is 16.1. The lowest BCUT2D eigenvalue weighted by molar-refractivity contribution is 0.406. The Kier molecular flexibility index (Phi) is 5.10. The summed E-state index contributed by atoms with van der Waals surface area (Å²) in [5, 5.41) is 9.96. The molecule has 5 heteroatoms. The molecule has 0 aliphatic heterocycles. The number of hydrogen-bond acceptors (Lipinski definition) is 4. The molecule has 3 aromatic rings. The average molecular weight is 327 g/mol. The summed E-state index contributed by atoms with van der Waals surface area (Å²) >= 11 is 1.78. The molecule has 0 radical (unpaired) electrons. The van der Waals surface area contributed by atoms with Gasteiger partial charge in [-0.25, -0.2) is 0 Å². The largest absolute Gasteiger partial charge is 0.496 e. The minimum atomic E-state index is 0.277. The molecule has 0 unspecified atom stereocenters. The molecule has 3 rings (SSSR count). The standard InChI is InChI=1S/C18H21N3OS/c1-14(19-12-17-5-3-10-23-17)15-6-7-18(22-2)16(11-15)13-21-9-4-8-20-21/h3-11,14,19H,12-13H2,1-2H3/t14-/m0/s1. The van der Waals surface area contributed by atoms with Gasteiger partial charge in [-0.15, -0.1) is 11.3 Å². The number of methoxy groups -OCH3 is 1. The third kappa shape index (κ3) is 4.00. The highest BCUT2D eigenvalue weighted by Crippen LogP contribution is 2.24. The maximum Gasteiger partial charge on any atom is 0.123 e. The summed E-state index contributed by atoms with van der Waals surface area (Å²) in [5.74, 6) is 0.898. The van der Waals surface area contributed by atoms with Crippen molar-refractivity contribution in [2.45, 2.75) is 26.1 Å². The van der Waals surface area contributed by atoms with Crippen molar-refractivity contribution >= 4 is 11.3 Å². The van der Waals surface area contributed by atoms with Crippen molar-refractivity contribution in [3.63, 3.8) is 0 Å². The Balaban J connectivity index is 1.73. The van der Waals surface area contributed by atoms with Gasteiger partial charge in [-0.1, -0.05) is 12.1 Å².